The lowest BCUT2D eigenvalue weighted by molar-refractivity contribution is -0.154. The molecule has 1 aliphatic heterocycles. The Hall–Kier alpha value is -4.20. The van der Waals surface area contributed by atoms with E-state index in [1.807, 2.05) is 54.6 Å². The first kappa shape index (κ1) is 27.8. The summed E-state index contributed by atoms with van der Waals surface area (Å²) >= 11 is 0. The molecule has 1 aliphatic rings. The van der Waals surface area contributed by atoms with Crippen molar-refractivity contribution in [2.45, 2.75) is 39.0 Å². The Kier molecular flexibility index (Phi) is 8.33. The van der Waals surface area contributed by atoms with Crippen molar-refractivity contribution in [3.63, 3.8) is 0 Å². The molecule has 3 aromatic carbocycles. The summed E-state index contributed by atoms with van der Waals surface area (Å²) in [5.41, 5.74) is 1.71. The Labute approximate surface area is 228 Å². The first-order valence-corrected chi connectivity index (χ1v) is 13.1. The van der Waals surface area contributed by atoms with E-state index in [1.165, 1.54) is 29.2 Å². The van der Waals surface area contributed by atoms with Crippen LogP contribution in [0.4, 0.5) is 26.2 Å². The van der Waals surface area contributed by atoms with E-state index in [9.17, 15) is 23.9 Å². The number of hydrogen-bond donors (Lipinski definition) is 1. The fraction of sp³-hybridized carbons (Fsp3) is 0.323. The van der Waals surface area contributed by atoms with Gasteiger partial charge >= 0.3 is 12.0 Å². The topological polar surface area (TPSA) is 81.2 Å². The van der Waals surface area contributed by atoms with Crippen molar-refractivity contribution in [3.05, 3.63) is 90.2 Å². The Balaban J connectivity index is 1.52. The Morgan fingerprint density at radius 1 is 0.872 bits per heavy atom. The third-order valence-corrected chi connectivity index (χ3v) is 7.52. The molecule has 0 saturated carbocycles. The van der Waals surface area contributed by atoms with Gasteiger partial charge in [0.15, 0.2) is 0 Å². The summed E-state index contributed by atoms with van der Waals surface area (Å²) in [4.78, 5) is 44.0. The molecule has 0 unspecified atom stereocenters. The molecule has 204 valence electrons. The second-order valence-electron chi connectivity index (χ2n) is 10.4. The standard InChI is InChI=1S/C31H34FN3O4/c1-22(2)23-9-13-27(14-10-23)35(26-7-5-4-6-8-26)28(36)21-31(29(37)38)17-19-34(20-18-31)30(39)33(3)25-15-11-24(32)12-16-25/h4-16,22H,17-21H2,1-3H3,(H,37,38). The highest BCUT2D eigenvalue weighted by Crippen LogP contribution is 2.39. The number of piperidine rings is 1. The van der Waals surface area contributed by atoms with E-state index in [4.69, 9.17) is 0 Å². The van der Waals surface area contributed by atoms with Gasteiger partial charge in [0.25, 0.3) is 0 Å². The first-order valence-electron chi connectivity index (χ1n) is 13.1. The maximum atomic E-state index is 13.8. The fourth-order valence-electron chi connectivity index (χ4n) is 4.97. The van der Waals surface area contributed by atoms with E-state index in [2.05, 4.69) is 13.8 Å². The smallest absolute Gasteiger partial charge is 0.324 e. The van der Waals surface area contributed by atoms with Crippen LogP contribution in [0, 0.1) is 11.2 Å². The highest BCUT2D eigenvalue weighted by Gasteiger charge is 2.45. The monoisotopic (exact) mass is 531 g/mol. The summed E-state index contributed by atoms with van der Waals surface area (Å²) in [6.07, 6.45) is 0.0942. The maximum Gasteiger partial charge on any atom is 0.324 e. The average Bonchev–Trinajstić information content (AvgIpc) is 2.94. The summed E-state index contributed by atoms with van der Waals surface area (Å²) in [7, 11) is 1.60. The SMILES string of the molecule is CC(C)c1ccc(N(C(=O)CC2(C(=O)O)CCN(C(=O)N(C)c3ccc(F)cc3)CC2)c2ccccc2)cc1. The molecule has 3 amide bonds. The third kappa shape index (κ3) is 6.11. The summed E-state index contributed by atoms with van der Waals surface area (Å²) in [5.74, 6) is -1.42. The van der Waals surface area contributed by atoms with Crippen molar-refractivity contribution in [1.29, 1.82) is 0 Å². The lowest BCUT2D eigenvalue weighted by Gasteiger charge is -2.40. The highest BCUT2D eigenvalue weighted by molar-refractivity contribution is 6.02. The van der Waals surface area contributed by atoms with Gasteiger partial charge in [0.2, 0.25) is 5.91 Å². The molecule has 0 spiro atoms. The molecule has 1 heterocycles. The van der Waals surface area contributed by atoms with Crippen LogP contribution in [0.15, 0.2) is 78.9 Å². The Morgan fingerprint density at radius 3 is 1.95 bits per heavy atom. The zero-order valence-corrected chi connectivity index (χ0v) is 22.5. The minimum atomic E-state index is -1.30. The number of halogens is 1. The van der Waals surface area contributed by atoms with Gasteiger partial charge in [0, 0.05) is 43.6 Å². The molecule has 8 heteroatoms. The van der Waals surface area contributed by atoms with Crippen LogP contribution in [0.3, 0.4) is 0 Å². The summed E-state index contributed by atoms with van der Waals surface area (Å²) < 4.78 is 13.3. The van der Waals surface area contributed by atoms with Crippen LogP contribution in [0.2, 0.25) is 0 Å². The number of carbonyl (C=O) groups excluding carboxylic acids is 2. The highest BCUT2D eigenvalue weighted by atomic mass is 19.1. The third-order valence-electron chi connectivity index (χ3n) is 7.52. The Morgan fingerprint density at radius 2 is 1.41 bits per heavy atom. The molecule has 39 heavy (non-hydrogen) atoms. The van der Waals surface area contributed by atoms with E-state index in [0.29, 0.717) is 23.0 Å². The second-order valence-corrected chi connectivity index (χ2v) is 10.4. The molecule has 0 atom stereocenters. The number of carboxylic acids is 1. The van der Waals surface area contributed by atoms with Gasteiger partial charge in [-0.1, -0.05) is 44.2 Å². The van der Waals surface area contributed by atoms with Crippen LogP contribution >= 0.6 is 0 Å². The molecule has 1 saturated heterocycles. The van der Waals surface area contributed by atoms with E-state index in [0.717, 1.165) is 5.56 Å². The summed E-state index contributed by atoms with van der Waals surface area (Å²) in [6.45, 7) is 4.58. The van der Waals surface area contributed by atoms with E-state index in [1.54, 1.807) is 16.8 Å². The van der Waals surface area contributed by atoms with Gasteiger partial charge in [0.05, 0.1) is 5.41 Å². The van der Waals surface area contributed by atoms with Crippen molar-refractivity contribution in [1.82, 2.24) is 4.90 Å². The molecule has 3 aromatic rings. The van der Waals surface area contributed by atoms with Gasteiger partial charge in [-0.05, 0) is 72.9 Å². The number of aliphatic carboxylic acids is 1. The van der Waals surface area contributed by atoms with Crippen molar-refractivity contribution >= 4 is 35.0 Å². The predicted octanol–water partition coefficient (Wildman–Crippen LogP) is 6.43. The number of nitrogens with zero attached hydrogens (tertiary/aromatic N) is 3. The van der Waals surface area contributed by atoms with Gasteiger partial charge in [-0.15, -0.1) is 0 Å². The number of carbonyl (C=O) groups is 3. The molecule has 0 aromatic heterocycles. The number of benzene rings is 3. The predicted molar refractivity (Wildman–Crippen MR) is 150 cm³/mol. The van der Waals surface area contributed by atoms with Crippen LogP contribution in [0.25, 0.3) is 0 Å². The number of amides is 3. The minimum Gasteiger partial charge on any atom is -0.481 e. The largest absolute Gasteiger partial charge is 0.481 e. The first-order chi connectivity index (χ1) is 18.6. The van der Waals surface area contributed by atoms with Crippen molar-refractivity contribution in [2.24, 2.45) is 5.41 Å². The lowest BCUT2D eigenvalue weighted by Crippen LogP contribution is -2.51. The van der Waals surface area contributed by atoms with Gasteiger partial charge < -0.3 is 10.0 Å². The van der Waals surface area contributed by atoms with Gasteiger partial charge in [0.1, 0.15) is 5.82 Å². The second kappa shape index (κ2) is 11.7. The molecule has 0 radical (unpaired) electrons. The van der Waals surface area contributed by atoms with Crippen molar-refractivity contribution in [2.75, 3.05) is 29.9 Å². The fourth-order valence-corrected chi connectivity index (χ4v) is 4.97. The average molecular weight is 532 g/mol. The summed E-state index contributed by atoms with van der Waals surface area (Å²) in [6, 6.07) is 22.2. The molecular formula is C31H34FN3O4. The quantitative estimate of drug-likeness (QED) is 0.381. The van der Waals surface area contributed by atoms with Crippen LogP contribution in [-0.4, -0.2) is 48.1 Å². The number of rotatable bonds is 7. The molecule has 1 fully saturated rings. The number of urea groups is 1. The van der Waals surface area contributed by atoms with E-state index < -0.39 is 17.2 Å². The molecular weight excluding hydrogens is 497 g/mol. The zero-order valence-electron chi connectivity index (χ0n) is 22.5. The number of hydrogen-bond acceptors (Lipinski definition) is 3. The molecule has 7 nitrogen and oxygen atoms in total. The normalized spacial score (nSPS) is 14.6. The van der Waals surface area contributed by atoms with Gasteiger partial charge in [-0.3, -0.25) is 19.4 Å². The molecule has 0 bridgehead atoms. The minimum absolute atomic E-state index is 0.145. The van der Waals surface area contributed by atoms with E-state index in [-0.39, 0.29) is 44.3 Å². The van der Waals surface area contributed by atoms with Crippen molar-refractivity contribution < 1.29 is 23.9 Å². The van der Waals surface area contributed by atoms with Crippen LogP contribution in [0.5, 0.6) is 0 Å². The van der Waals surface area contributed by atoms with Crippen molar-refractivity contribution in [3.8, 4) is 0 Å². The van der Waals surface area contributed by atoms with Crippen LogP contribution in [-0.2, 0) is 9.59 Å². The molecule has 0 aliphatic carbocycles. The number of carboxylic acid groups (broad SMARTS) is 1. The molecule has 1 N–H and O–H groups in total. The van der Waals surface area contributed by atoms with E-state index >= 15 is 0 Å². The van der Waals surface area contributed by atoms with Gasteiger partial charge in [-0.2, -0.15) is 0 Å². The maximum absolute atomic E-state index is 13.8. The number of likely N-dealkylation sites (tertiary alicyclic amines) is 1. The Bertz CT molecular complexity index is 1300. The zero-order chi connectivity index (χ0) is 28.2. The number of anilines is 3. The number of para-hydroxylation sites is 1. The van der Waals surface area contributed by atoms with Gasteiger partial charge in [-0.25, -0.2) is 9.18 Å². The lowest BCUT2D eigenvalue weighted by atomic mass is 9.75. The van der Waals surface area contributed by atoms with Crippen LogP contribution in [0.1, 0.15) is 44.6 Å². The summed E-state index contributed by atoms with van der Waals surface area (Å²) in [5, 5.41) is 10.3. The molecule has 4 rings (SSSR count). The van der Waals surface area contributed by atoms with Crippen LogP contribution < -0.4 is 9.80 Å².